The number of rotatable bonds is 10. The molecule has 0 aliphatic carbocycles. The molecule has 12 heteroatoms. The smallest absolute Gasteiger partial charge is 0.338 e. The molecule has 3 aliphatic rings. The second kappa shape index (κ2) is 15.7. The van der Waals surface area contributed by atoms with Gasteiger partial charge in [0.2, 0.25) is 5.91 Å². The fourth-order valence-corrected chi connectivity index (χ4v) is 5.83. The fraction of sp³-hybridized carbons (Fsp3) is 0.469. The van der Waals surface area contributed by atoms with Crippen LogP contribution in [0.2, 0.25) is 0 Å². The van der Waals surface area contributed by atoms with Crippen LogP contribution in [0.5, 0.6) is 11.5 Å². The standard InChI is InChI=1S/C32H41N4O6.2ClH/c1-36(2)23-25(28-21-27(40-3)10-11-29(28)36)20-31(38)42-26-8-6-24(7-9-26)32(39)41-19-18-33-14-16-34(17-15-33)22-30(37)35-12-4-5-13-35;;/h6-11,21,23H,4-5,12-20,22H2,1-3H3;2*1H/q+1;;. The number of benzene rings is 2. The number of methoxy groups -OCH3 is 1. The highest BCUT2D eigenvalue weighted by atomic mass is 35.5. The zero-order valence-corrected chi connectivity index (χ0v) is 27.3. The normalized spacial score (nSPS) is 17.5. The summed E-state index contributed by atoms with van der Waals surface area (Å²) in [6, 6.07) is 12.3. The third-order valence-electron chi connectivity index (χ3n) is 8.23. The summed E-state index contributed by atoms with van der Waals surface area (Å²) < 4.78 is 17.0. The molecule has 3 aliphatic heterocycles. The van der Waals surface area contributed by atoms with Crippen LogP contribution >= 0.6 is 24.8 Å². The van der Waals surface area contributed by atoms with Gasteiger partial charge in [-0.15, -0.1) is 24.8 Å². The molecule has 2 fully saturated rings. The molecule has 0 radical (unpaired) electrons. The molecule has 0 bridgehead atoms. The summed E-state index contributed by atoms with van der Waals surface area (Å²) in [4.78, 5) is 44.1. The molecule has 0 N–H and O–H groups in total. The summed E-state index contributed by atoms with van der Waals surface area (Å²) >= 11 is 0. The van der Waals surface area contributed by atoms with Gasteiger partial charge >= 0.3 is 11.9 Å². The minimum atomic E-state index is -0.413. The van der Waals surface area contributed by atoms with Crippen LogP contribution in [0.15, 0.2) is 48.7 Å². The molecule has 1 amide bonds. The van der Waals surface area contributed by atoms with Crippen LogP contribution in [0.4, 0.5) is 5.69 Å². The largest absolute Gasteiger partial charge is 0.497 e. The first-order valence-corrected chi connectivity index (χ1v) is 14.7. The second-order valence-electron chi connectivity index (χ2n) is 11.6. The van der Waals surface area contributed by atoms with E-state index in [4.69, 9.17) is 14.2 Å². The Bertz CT molecular complexity index is 1340. The maximum Gasteiger partial charge on any atom is 0.338 e. The summed E-state index contributed by atoms with van der Waals surface area (Å²) in [6.07, 6.45) is 4.38. The van der Waals surface area contributed by atoms with Gasteiger partial charge in [-0.25, -0.2) is 4.79 Å². The number of fused-ring (bicyclic) bond motifs is 1. The average Bonchev–Trinajstić information content (AvgIpc) is 3.61. The predicted octanol–water partition coefficient (Wildman–Crippen LogP) is 3.85. The number of amides is 1. The number of piperazine rings is 1. The van der Waals surface area contributed by atoms with Gasteiger partial charge in [-0.3, -0.25) is 23.9 Å². The lowest BCUT2D eigenvalue weighted by atomic mass is 10.0. The van der Waals surface area contributed by atoms with Crippen molar-refractivity contribution in [3.05, 3.63) is 59.8 Å². The van der Waals surface area contributed by atoms with Crippen LogP contribution in [0.1, 0.15) is 35.2 Å². The van der Waals surface area contributed by atoms with Crippen molar-refractivity contribution in [2.24, 2.45) is 0 Å². The summed E-state index contributed by atoms with van der Waals surface area (Å²) in [7, 11) is 5.74. The van der Waals surface area contributed by atoms with Crippen molar-refractivity contribution in [2.45, 2.75) is 19.3 Å². The van der Waals surface area contributed by atoms with Gasteiger partial charge in [0.15, 0.2) is 0 Å². The highest BCUT2D eigenvalue weighted by Gasteiger charge is 2.33. The SMILES string of the molecule is COc1ccc2c(c1)C(CC(=O)Oc1ccc(C(=O)OCCN3CCN(CC(=O)N4CCCC4)CC3)cc1)=C[N+]2(C)C.Cl.Cl. The third kappa shape index (κ3) is 8.73. The summed E-state index contributed by atoms with van der Waals surface area (Å²) in [5.74, 6) is 0.547. The van der Waals surface area contributed by atoms with Crippen LogP contribution in [-0.2, 0) is 14.3 Å². The molecule has 240 valence electrons. The highest BCUT2D eigenvalue weighted by Crippen LogP contribution is 2.41. The lowest BCUT2D eigenvalue weighted by Crippen LogP contribution is -2.50. The van der Waals surface area contributed by atoms with Crippen molar-refractivity contribution in [3.63, 3.8) is 0 Å². The minimum absolute atomic E-state index is 0. The fourth-order valence-electron chi connectivity index (χ4n) is 5.83. The molecule has 3 heterocycles. The molecule has 2 saturated heterocycles. The molecule has 2 aromatic carbocycles. The number of nitrogens with zero attached hydrogens (tertiary/aromatic N) is 4. The molecule has 0 aromatic heterocycles. The monoisotopic (exact) mass is 649 g/mol. The molecule has 0 spiro atoms. The van der Waals surface area contributed by atoms with Gasteiger partial charge in [-0.2, -0.15) is 0 Å². The van der Waals surface area contributed by atoms with Crippen LogP contribution in [-0.4, -0.2) is 113 Å². The molecule has 0 unspecified atom stereocenters. The second-order valence-corrected chi connectivity index (χ2v) is 11.6. The van der Waals surface area contributed by atoms with Crippen LogP contribution in [0, 0.1) is 0 Å². The minimum Gasteiger partial charge on any atom is -0.497 e. The molecule has 5 rings (SSSR count). The zero-order chi connectivity index (χ0) is 29.7. The van der Waals surface area contributed by atoms with E-state index in [9.17, 15) is 14.4 Å². The Labute approximate surface area is 271 Å². The molecule has 44 heavy (non-hydrogen) atoms. The molecular weight excluding hydrogens is 607 g/mol. The van der Waals surface area contributed by atoms with Crippen molar-refractivity contribution in [1.82, 2.24) is 19.2 Å². The van der Waals surface area contributed by atoms with Crippen LogP contribution < -0.4 is 14.0 Å². The molecule has 2 aromatic rings. The first-order chi connectivity index (χ1) is 20.2. The van der Waals surface area contributed by atoms with Crippen molar-refractivity contribution < 1.29 is 28.6 Å². The van der Waals surface area contributed by atoms with E-state index in [-0.39, 0.29) is 43.1 Å². The topological polar surface area (TPSA) is 88.6 Å². The molecule has 0 atom stereocenters. The van der Waals surface area contributed by atoms with Gasteiger partial charge in [0.25, 0.3) is 0 Å². The van der Waals surface area contributed by atoms with Crippen molar-refractivity contribution in [1.29, 1.82) is 0 Å². The number of halogens is 2. The molecule has 10 nitrogen and oxygen atoms in total. The van der Waals surface area contributed by atoms with Gasteiger partial charge in [0.1, 0.15) is 30.0 Å². The number of likely N-dealkylation sites (tertiary alicyclic amines) is 1. The lowest BCUT2D eigenvalue weighted by molar-refractivity contribution is -0.133. The van der Waals surface area contributed by atoms with E-state index in [0.717, 1.165) is 74.7 Å². The number of ether oxygens (including phenoxy) is 3. The number of hydrogen-bond donors (Lipinski definition) is 0. The third-order valence-corrected chi connectivity index (χ3v) is 8.23. The Hall–Kier alpha value is -3.15. The number of carbonyl (C=O) groups is 3. The molecular formula is C32H43Cl2N4O6+. The van der Waals surface area contributed by atoms with Crippen molar-refractivity contribution >= 4 is 53.9 Å². The van der Waals surface area contributed by atoms with Crippen molar-refractivity contribution in [3.8, 4) is 11.5 Å². The zero-order valence-electron chi connectivity index (χ0n) is 25.7. The Morgan fingerprint density at radius 1 is 0.841 bits per heavy atom. The summed E-state index contributed by atoms with van der Waals surface area (Å²) in [5, 5.41) is 0. The Morgan fingerprint density at radius 2 is 1.48 bits per heavy atom. The Balaban J connectivity index is 0.00000264. The van der Waals surface area contributed by atoms with Gasteiger partial charge < -0.3 is 19.1 Å². The van der Waals surface area contributed by atoms with E-state index < -0.39 is 5.97 Å². The predicted molar refractivity (Wildman–Crippen MR) is 175 cm³/mol. The molecule has 0 saturated carbocycles. The van der Waals surface area contributed by atoms with Crippen LogP contribution in [0.25, 0.3) is 5.57 Å². The number of esters is 2. The highest BCUT2D eigenvalue weighted by molar-refractivity contribution is 5.93. The van der Waals surface area contributed by atoms with E-state index >= 15 is 0 Å². The maximum absolute atomic E-state index is 12.8. The Morgan fingerprint density at radius 3 is 2.14 bits per heavy atom. The number of quaternary nitrogens is 1. The van der Waals surface area contributed by atoms with Gasteiger partial charge in [0, 0.05) is 63.0 Å². The van der Waals surface area contributed by atoms with Crippen LogP contribution in [0.3, 0.4) is 0 Å². The summed E-state index contributed by atoms with van der Waals surface area (Å²) in [6.45, 7) is 6.57. The van der Waals surface area contributed by atoms with E-state index in [1.54, 1.807) is 31.4 Å². The number of carbonyl (C=O) groups excluding carboxylic acids is 3. The van der Waals surface area contributed by atoms with E-state index in [0.29, 0.717) is 35.5 Å². The number of hydrogen-bond acceptors (Lipinski definition) is 8. The van der Waals surface area contributed by atoms with Gasteiger partial charge in [-0.1, -0.05) is 0 Å². The van der Waals surface area contributed by atoms with E-state index in [1.165, 1.54) is 0 Å². The van der Waals surface area contributed by atoms with Gasteiger partial charge in [-0.05, 0) is 49.2 Å². The first-order valence-electron chi connectivity index (χ1n) is 14.7. The van der Waals surface area contributed by atoms with Gasteiger partial charge in [0.05, 0.1) is 39.7 Å². The lowest BCUT2D eigenvalue weighted by Gasteiger charge is -2.34. The average molecular weight is 651 g/mol. The van der Waals surface area contributed by atoms with Crippen molar-refractivity contribution in [2.75, 3.05) is 80.2 Å². The quantitative estimate of drug-likeness (QED) is 0.218. The first kappa shape index (κ1) is 35.3. The van der Waals surface area contributed by atoms with E-state index in [1.807, 2.05) is 29.3 Å². The maximum atomic E-state index is 12.8. The Kier molecular flexibility index (Phi) is 12.6. The van der Waals surface area contributed by atoms with E-state index in [2.05, 4.69) is 23.9 Å². The summed E-state index contributed by atoms with van der Waals surface area (Å²) in [5.41, 5.74) is 3.35.